The average molecular weight is 528 g/mol. The van der Waals surface area contributed by atoms with E-state index in [0.29, 0.717) is 30.3 Å². The molecule has 8 nitrogen and oxygen atoms in total. The van der Waals surface area contributed by atoms with Gasteiger partial charge in [-0.2, -0.15) is 4.31 Å². The molecule has 0 bridgehead atoms. The highest BCUT2D eigenvalue weighted by molar-refractivity contribution is 7.89. The molecule has 0 spiro atoms. The molecule has 0 unspecified atom stereocenters. The lowest BCUT2D eigenvalue weighted by Crippen LogP contribution is -2.48. The number of anilines is 1. The van der Waals surface area contributed by atoms with E-state index in [2.05, 4.69) is 0 Å². The van der Waals surface area contributed by atoms with Crippen LogP contribution >= 0.6 is 22.9 Å². The Kier molecular flexibility index (Phi) is 7.17. The van der Waals surface area contributed by atoms with Gasteiger partial charge >= 0.3 is 0 Å². The number of hydrogen-bond donors (Lipinski definition) is 0. The van der Waals surface area contributed by atoms with Crippen LogP contribution in [0.3, 0.4) is 0 Å². The zero-order valence-electron chi connectivity index (χ0n) is 18.7. The van der Waals surface area contributed by atoms with Crippen molar-refractivity contribution in [3.63, 3.8) is 0 Å². The highest BCUT2D eigenvalue weighted by Crippen LogP contribution is 2.42. The molecule has 0 aliphatic carbocycles. The minimum atomic E-state index is -3.77. The van der Waals surface area contributed by atoms with Gasteiger partial charge in [-0.05, 0) is 30.3 Å². The molecule has 0 atom stereocenters. The Labute approximate surface area is 206 Å². The number of thiazole rings is 1. The van der Waals surface area contributed by atoms with Gasteiger partial charge < -0.3 is 19.1 Å². The van der Waals surface area contributed by atoms with Crippen molar-refractivity contribution in [1.82, 2.24) is 9.29 Å². The van der Waals surface area contributed by atoms with Crippen LogP contribution in [0.1, 0.15) is 0 Å². The number of hydrogen-bond acceptors (Lipinski definition) is 8. The third kappa shape index (κ3) is 4.65. The molecule has 2 heterocycles. The fourth-order valence-electron chi connectivity index (χ4n) is 3.68. The first kappa shape index (κ1) is 24.5. The molecule has 2 aromatic carbocycles. The molecular weight excluding hydrogens is 505 g/mol. The summed E-state index contributed by atoms with van der Waals surface area (Å²) in [4.78, 5) is 6.76. The zero-order valence-corrected chi connectivity index (χ0v) is 21.1. The van der Waals surface area contributed by atoms with Gasteiger partial charge in [0.1, 0.15) is 5.82 Å². The van der Waals surface area contributed by atoms with Gasteiger partial charge in [-0.3, -0.25) is 0 Å². The smallest absolute Gasteiger partial charge is 0.243 e. The summed E-state index contributed by atoms with van der Waals surface area (Å²) in [6.45, 7) is 1.49. The summed E-state index contributed by atoms with van der Waals surface area (Å²) in [5, 5.41) is 2.49. The second-order valence-electron chi connectivity index (χ2n) is 7.40. The molecule has 12 heteroatoms. The van der Waals surface area contributed by atoms with E-state index in [0.717, 1.165) is 28.5 Å². The predicted molar refractivity (Wildman–Crippen MR) is 130 cm³/mol. The van der Waals surface area contributed by atoms with Crippen LogP contribution in [0.25, 0.3) is 11.3 Å². The van der Waals surface area contributed by atoms with E-state index in [-0.39, 0.29) is 23.0 Å². The van der Waals surface area contributed by atoms with E-state index < -0.39 is 15.8 Å². The molecule has 0 saturated carbocycles. The summed E-state index contributed by atoms with van der Waals surface area (Å²) in [5.41, 5.74) is 1.56. The van der Waals surface area contributed by atoms with Crippen LogP contribution in [0.15, 0.2) is 40.6 Å². The van der Waals surface area contributed by atoms with Gasteiger partial charge in [-0.25, -0.2) is 17.8 Å². The zero-order chi connectivity index (χ0) is 24.5. The molecule has 1 saturated heterocycles. The number of aromatic nitrogens is 1. The summed E-state index contributed by atoms with van der Waals surface area (Å²) in [6, 6.07) is 7.10. The standard InChI is InChI=1S/C22H23ClFN3O5S2/c1-30-19-10-14(11-20(31-2)21(19)32-3)18-13-33-22(25-18)26-6-8-27(9-7-26)34(28,29)15-4-5-17(24)16(23)12-15/h4-5,10-13H,6-9H2,1-3H3. The van der Waals surface area contributed by atoms with Gasteiger partial charge in [0.05, 0.1) is 36.9 Å². The number of piperazine rings is 1. The summed E-state index contributed by atoms with van der Waals surface area (Å²) in [6.07, 6.45) is 0. The first-order chi connectivity index (χ1) is 16.3. The molecule has 0 radical (unpaired) electrons. The summed E-state index contributed by atoms with van der Waals surface area (Å²) >= 11 is 7.25. The molecule has 0 N–H and O–H groups in total. The molecule has 182 valence electrons. The maximum absolute atomic E-state index is 13.4. The third-order valence-corrected chi connectivity index (χ3v) is 8.58. The first-order valence-corrected chi connectivity index (χ1v) is 12.9. The molecule has 34 heavy (non-hydrogen) atoms. The molecule has 1 aliphatic rings. The van der Waals surface area contributed by atoms with E-state index >= 15 is 0 Å². The fraction of sp³-hybridized carbons (Fsp3) is 0.318. The lowest BCUT2D eigenvalue weighted by molar-refractivity contribution is 0.324. The summed E-state index contributed by atoms with van der Waals surface area (Å²) in [7, 11) is 0.892. The van der Waals surface area contributed by atoms with Crippen LogP contribution in [0.5, 0.6) is 17.2 Å². The first-order valence-electron chi connectivity index (χ1n) is 10.2. The molecular formula is C22H23ClFN3O5S2. The average Bonchev–Trinajstić information content (AvgIpc) is 3.35. The molecule has 1 aliphatic heterocycles. The number of sulfonamides is 1. The van der Waals surface area contributed by atoms with Crippen molar-refractivity contribution in [3.8, 4) is 28.5 Å². The minimum absolute atomic E-state index is 0.0220. The molecule has 0 amide bonds. The van der Waals surface area contributed by atoms with Gasteiger partial charge in [0, 0.05) is 37.1 Å². The lowest BCUT2D eigenvalue weighted by Gasteiger charge is -2.33. The van der Waals surface area contributed by atoms with Crippen LogP contribution in [0, 0.1) is 5.82 Å². The summed E-state index contributed by atoms with van der Waals surface area (Å²) in [5.74, 6) is 0.915. The van der Waals surface area contributed by atoms with E-state index in [1.165, 1.54) is 21.7 Å². The van der Waals surface area contributed by atoms with Crippen LogP contribution in [-0.2, 0) is 10.0 Å². The van der Waals surface area contributed by atoms with Crippen molar-refractivity contribution in [1.29, 1.82) is 0 Å². The van der Waals surface area contributed by atoms with E-state index in [4.69, 9.17) is 30.8 Å². The maximum Gasteiger partial charge on any atom is 0.243 e. The van der Waals surface area contributed by atoms with Crippen LogP contribution in [0.4, 0.5) is 9.52 Å². The van der Waals surface area contributed by atoms with Crippen LogP contribution in [0.2, 0.25) is 5.02 Å². The number of rotatable bonds is 7. The van der Waals surface area contributed by atoms with Gasteiger partial charge in [0.2, 0.25) is 15.8 Å². The molecule has 1 aromatic heterocycles. The van der Waals surface area contributed by atoms with Crippen molar-refractivity contribution in [2.75, 3.05) is 52.4 Å². The number of ether oxygens (including phenoxy) is 3. The van der Waals surface area contributed by atoms with Crippen molar-refractivity contribution >= 4 is 38.1 Å². The number of nitrogens with zero attached hydrogens (tertiary/aromatic N) is 3. The Bertz CT molecular complexity index is 1270. The Morgan fingerprint density at radius 2 is 1.65 bits per heavy atom. The van der Waals surface area contributed by atoms with Crippen molar-refractivity contribution in [2.45, 2.75) is 4.90 Å². The SMILES string of the molecule is COc1cc(-c2csc(N3CCN(S(=O)(=O)c4ccc(F)c(Cl)c4)CC3)n2)cc(OC)c1OC. The predicted octanol–water partition coefficient (Wildman–Crippen LogP) is 4.14. The van der Waals surface area contributed by atoms with E-state index in [1.807, 2.05) is 22.4 Å². The fourth-order valence-corrected chi connectivity index (χ4v) is 6.26. The molecule has 3 aromatic rings. The second kappa shape index (κ2) is 9.95. The number of halogens is 2. The Morgan fingerprint density at radius 1 is 1.00 bits per heavy atom. The number of methoxy groups -OCH3 is 3. The van der Waals surface area contributed by atoms with Crippen molar-refractivity contribution in [2.24, 2.45) is 0 Å². The Balaban J connectivity index is 1.50. The lowest BCUT2D eigenvalue weighted by atomic mass is 10.1. The monoisotopic (exact) mass is 527 g/mol. The highest BCUT2D eigenvalue weighted by atomic mass is 35.5. The third-order valence-electron chi connectivity index (χ3n) is 5.49. The van der Waals surface area contributed by atoms with Crippen molar-refractivity contribution in [3.05, 3.63) is 46.6 Å². The topological polar surface area (TPSA) is 81.2 Å². The Hall–Kier alpha value is -2.60. The van der Waals surface area contributed by atoms with Gasteiger partial charge in [-0.15, -0.1) is 11.3 Å². The quantitative estimate of drug-likeness (QED) is 0.457. The maximum atomic E-state index is 13.4. The Morgan fingerprint density at radius 3 is 2.21 bits per heavy atom. The van der Waals surface area contributed by atoms with Crippen molar-refractivity contribution < 1.29 is 27.0 Å². The molecule has 4 rings (SSSR count). The minimum Gasteiger partial charge on any atom is -0.493 e. The van der Waals surface area contributed by atoms with Gasteiger partial charge in [-0.1, -0.05) is 11.6 Å². The van der Waals surface area contributed by atoms with Gasteiger partial charge in [0.15, 0.2) is 16.6 Å². The van der Waals surface area contributed by atoms with Crippen LogP contribution < -0.4 is 19.1 Å². The second-order valence-corrected chi connectivity index (χ2v) is 10.6. The molecule has 1 fully saturated rings. The summed E-state index contributed by atoms with van der Waals surface area (Å²) < 4.78 is 56.9. The largest absolute Gasteiger partial charge is 0.493 e. The van der Waals surface area contributed by atoms with E-state index in [1.54, 1.807) is 21.3 Å². The van der Waals surface area contributed by atoms with Crippen LogP contribution in [-0.4, -0.2) is 65.2 Å². The number of benzene rings is 2. The van der Waals surface area contributed by atoms with E-state index in [9.17, 15) is 12.8 Å². The highest BCUT2D eigenvalue weighted by Gasteiger charge is 2.30. The van der Waals surface area contributed by atoms with Gasteiger partial charge in [0.25, 0.3) is 0 Å². The normalized spacial score (nSPS) is 14.8.